The highest BCUT2D eigenvalue weighted by atomic mass is 19.4. The quantitative estimate of drug-likeness (QED) is 0.891. The summed E-state index contributed by atoms with van der Waals surface area (Å²) in [6, 6.07) is 3.24. The summed E-state index contributed by atoms with van der Waals surface area (Å²) >= 11 is 0. The molecule has 20 heavy (non-hydrogen) atoms. The van der Waals surface area contributed by atoms with Crippen LogP contribution in [-0.2, 0) is 11.0 Å². The molecule has 0 aromatic heterocycles. The molecule has 0 saturated heterocycles. The molecule has 0 bridgehead atoms. The van der Waals surface area contributed by atoms with E-state index in [0.29, 0.717) is 18.4 Å². The summed E-state index contributed by atoms with van der Waals surface area (Å²) in [7, 11) is 0. The zero-order valence-corrected chi connectivity index (χ0v) is 11.8. The number of nitrogens with one attached hydrogen (secondary N) is 1. The van der Waals surface area contributed by atoms with Crippen LogP contribution in [0.5, 0.6) is 0 Å². The predicted octanol–water partition coefficient (Wildman–Crippen LogP) is 3.47. The molecular formula is C14H19F3N2O. The Bertz CT molecular complexity index is 494. The zero-order valence-electron chi connectivity index (χ0n) is 11.8. The molecule has 0 atom stereocenters. The second-order valence-corrected chi connectivity index (χ2v) is 4.84. The smallest absolute Gasteiger partial charge is 0.324 e. The molecule has 1 rings (SSSR count). The maximum absolute atomic E-state index is 12.7. The predicted molar refractivity (Wildman–Crippen MR) is 72.3 cm³/mol. The fourth-order valence-corrected chi connectivity index (χ4v) is 1.75. The number of nitrogens with two attached hydrogens (primary N) is 1. The third-order valence-electron chi connectivity index (χ3n) is 3.53. The molecule has 0 spiro atoms. The number of alkyl halides is 3. The zero-order chi connectivity index (χ0) is 15.6. The Labute approximate surface area is 116 Å². The lowest BCUT2D eigenvalue weighted by atomic mass is 9.93. The first kappa shape index (κ1) is 16.5. The highest BCUT2D eigenvalue weighted by molar-refractivity contribution is 5.98. The van der Waals surface area contributed by atoms with Crippen LogP contribution >= 0.6 is 0 Å². The van der Waals surface area contributed by atoms with E-state index in [9.17, 15) is 18.0 Å². The SMILES string of the molecule is CCC(N)(CC)C(=O)Nc1cc(C(F)(F)F)ccc1C. The van der Waals surface area contributed by atoms with Crippen LogP contribution in [-0.4, -0.2) is 11.4 Å². The first-order chi connectivity index (χ1) is 9.14. The molecule has 3 nitrogen and oxygen atoms in total. The van der Waals surface area contributed by atoms with E-state index in [2.05, 4.69) is 5.32 Å². The molecule has 0 aliphatic carbocycles. The normalized spacial score (nSPS) is 12.3. The highest BCUT2D eigenvalue weighted by Gasteiger charge is 2.33. The van der Waals surface area contributed by atoms with Crippen LogP contribution in [0.2, 0.25) is 0 Å². The van der Waals surface area contributed by atoms with E-state index in [1.807, 2.05) is 0 Å². The summed E-state index contributed by atoms with van der Waals surface area (Å²) in [6.07, 6.45) is -3.62. The van der Waals surface area contributed by atoms with Gasteiger partial charge < -0.3 is 11.1 Å². The van der Waals surface area contributed by atoms with Gasteiger partial charge in [0.1, 0.15) is 0 Å². The molecular weight excluding hydrogens is 269 g/mol. The molecule has 112 valence electrons. The summed E-state index contributed by atoms with van der Waals surface area (Å²) in [4.78, 5) is 12.1. The summed E-state index contributed by atoms with van der Waals surface area (Å²) in [6.45, 7) is 5.16. The van der Waals surface area contributed by atoms with Crippen molar-refractivity contribution in [1.82, 2.24) is 0 Å². The van der Waals surface area contributed by atoms with Gasteiger partial charge in [0.15, 0.2) is 0 Å². The van der Waals surface area contributed by atoms with E-state index in [-0.39, 0.29) is 5.69 Å². The Kier molecular flexibility index (Phi) is 4.81. The summed E-state index contributed by atoms with van der Waals surface area (Å²) in [5.74, 6) is -0.468. The maximum atomic E-state index is 12.7. The summed E-state index contributed by atoms with van der Waals surface area (Å²) in [5, 5.41) is 2.50. The number of hydrogen-bond donors (Lipinski definition) is 2. The Balaban J connectivity index is 3.06. The molecule has 0 heterocycles. The number of amides is 1. The van der Waals surface area contributed by atoms with Crippen LogP contribution in [0, 0.1) is 6.92 Å². The Morgan fingerprint density at radius 3 is 2.25 bits per heavy atom. The van der Waals surface area contributed by atoms with Crippen molar-refractivity contribution in [2.45, 2.75) is 45.3 Å². The molecule has 0 fully saturated rings. The van der Waals surface area contributed by atoms with Crippen molar-refractivity contribution in [3.63, 3.8) is 0 Å². The first-order valence-electron chi connectivity index (χ1n) is 6.42. The average molecular weight is 288 g/mol. The second-order valence-electron chi connectivity index (χ2n) is 4.84. The van der Waals surface area contributed by atoms with Gasteiger partial charge in [-0.05, 0) is 37.5 Å². The Morgan fingerprint density at radius 2 is 1.80 bits per heavy atom. The van der Waals surface area contributed by atoms with Gasteiger partial charge in [0.05, 0.1) is 11.1 Å². The number of carbonyl (C=O) groups excluding carboxylic acids is 1. The third-order valence-corrected chi connectivity index (χ3v) is 3.53. The molecule has 6 heteroatoms. The van der Waals surface area contributed by atoms with Gasteiger partial charge in [-0.25, -0.2) is 0 Å². The van der Waals surface area contributed by atoms with Gasteiger partial charge in [-0.1, -0.05) is 19.9 Å². The molecule has 1 aromatic carbocycles. The fraction of sp³-hybridized carbons (Fsp3) is 0.500. The average Bonchev–Trinajstić information content (AvgIpc) is 2.38. The molecule has 0 unspecified atom stereocenters. The number of hydrogen-bond acceptors (Lipinski definition) is 2. The topological polar surface area (TPSA) is 55.1 Å². The van der Waals surface area contributed by atoms with Gasteiger partial charge in [0.25, 0.3) is 0 Å². The third kappa shape index (κ3) is 3.50. The minimum Gasteiger partial charge on any atom is -0.324 e. The fourth-order valence-electron chi connectivity index (χ4n) is 1.75. The van der Waals surface area contributed by atoms with Crippen LogP contribution in [0.1, 0.15) is 37.8 Å². The molecule has 0 aliphatic heterocycles. The lowest BCUT2D eigenvalue weighted by Crippen LogP contribution is -2.50. The van der Waals surface area contributed by atoms with Gasteiger partial charge in [-0.2, -0.15) is 13.2 Å². The lowest BCUT2D eigenvalue weighted by molar-refractivity contribution is -0.137. The number of aryl methyl sites for hydroxylation is 1. The number of rotatable bonds is 4. The highest BCUT2D eigenvalue weighted by Crippen LogP contribution is 2.32. The summed E-state index contributed by atoms with van der Waals surface area (Å²) in [5.41, 5.74) is 4.76. The first-order valence-corrected chi connectivity index (χ1v) is 6.42. The second kappa shape index (κ2) is 5.83. The van der Waals surface area contributed by atoms with Crippen LogP contribution in [0.25, 0.3) is 0 Å². The lowest BCUT2D eigenvalue weighted by Gasteiger charge is -2.25. The van der Waals surface area contributed by atoms with Gasteiger partial charge in [0.2, 0.25) is 5.91 Å². The van der Waals surface area contributed by atoms with Crippen molar-refractivity contribution >= 4 is 11.6 Å². The van der Waals surface area contributed by atoms with Gasteiger partial charge >= 0.3 is 6.18 Å². The number of carbonyl (C=O) groups is 1. The monoisotopic (exact) mass is 288 g/mol. The van der Waals surface area contributed by atoms with E-state index >= 15 is 0 Å². The minimum absolute atomic E-state index is 0.140. The van der Waals surface area contributed by atoms with Gasteiger partial charge in [-0.15, -0.1) is 0 Å². The van der Waals surface area contributed by atoms with Crippen molar-refractivity contribution in [2.24, 2.45) is 5.73 Å². The van der Waals surface area contributed by atoms with Crippen LogP contribution < -0.4 is 11.1 Å². The van der Waals surface area contributed by atoms with Crippen molar-refractivity contribution < 1.29 is 18.0 Å². The number of halogens is 3. The van der Waals surface area contributed by atoms with Crippen LogP contribution in [0.15, 0.2) is 18.2 Å². The maximum Gasteiger partial charge on any atom is 0.416 e. The van der Waals surface area contributed by atoms with E-state index in [4.69, 9.17) is 5.73 Å². The van der Waals surface area contributed by atoms with Crippen molar-refractivity contribution in [3.05, 3.63) is 29.3 Å². The van der Waals surface area contributed by atoms with E-state index in [1.54, 1.807) is 20.8 Å². The minimum atomic E-state index is -4.44. The molecule has 1 aromatic rings. The molecule has 0 saturated carbocycles. The van der Waals surface area contributed by atoms with E-state index < -0.39 is 23.2 Å². The number of anilines is 1. The Morgan fingerprint density at radius 1 is 1.25 bits per heavy atom. The standard InChI is InChI=1S/C14H19F3N2O/c1-4-13(18,5-2)12(20)19-11-8-10(14(15,16)17)7-6-9(11)3/h6-8H,4-5,18H2,1-3H3,(H,19,20). The molecule has 1 amide bonds. The van der Waals surface area contributed by atoms with E-state index in [1.165, 1.54) is 6.07 Å². The van der Waals surface area contributed by atoms with Crippen LogP contribution in [0.3, 0.4) is 0 Å². The molecule has 0 aliphatic rings. The van der Waals surface area contributed by atoms with Gasteiger partial charge in [-0.3, -0.25) is 4.79 Å². The largest absolute Gasteiger partial charge is 0.416 e. The van der Waals surface area contributed by atoms with Crippen molar-refractivity contribution in [2.75, 3.05) is 5.32 Å². The van der Waals surface area contributed by atoms with Crippen LogP contribution in [0.4, 0.5) is 18.9 Å². The Hall–Kier alpha value is -1.56. The van der Waals surface area contributed by atoms with Crippen molar-refractivity contribution in [1.29, 1.82) is 0 Å². The van der Waals surface area contributed by atoms with Crippen molar-refractivity contribution in [3.8, 4) is 0 Å². The summed E-state index contributed by atoms with van der Waals surface area (Å²) < 4.78 is 38.0. The molecule has 0 radical (unpaired) electrons. The number of benzene rings is 1. The molecule has 3 N–H and O–H groups in total. The van der Waals surface area contributed by atoms with Gasteiger partial charge in [0, 0.05) is 5.69 Å². The van der Waals surface area contributed by atoms with E-state index in [0.717, 1.165) is 12.1 Å².